The van der Waals surface area contributed by atoms with Crippen molar-refractivity contribution in [3.05, 3.63) is 60.2 Å². The summed E-state index contributed by atoms with van der Waals surface area (Å²) in [5.74, 6) is -0.715. The van der Waals surface area contributed by atoms with Crippen LogP contribution in [-0.4, -0.2) is 48.5 Å². The van der Waals surface area contributed by atoms with E-state index in [4.69, 9.17) is 9.47 Å². The maximum Gasteiger partial charge on any atom is 0.347 e. The van der Waals surface area contributed by atoms with Gasteiger partial charge in [-0.05, 0) is 51.1 Å². The molecule has 0 fully saturated rings. The molecular formula is C22H26N2O5. The van der Waals surface area contributed by atoms with E-state index in [1.807, 2.05) is 19.9 Å². The Hall–Kier alpha value is -3.35. The van der Waals surface area contributed by atoms with Crippen molar-refractivity contribution in [3.63, 3.8) is 0 Å². The standard InChI is InChI=1S/C22H26N2O5/c1-4-24(5-2)21(26)17-10-9-11-18(14-17)23-20(25)15-28-22(27)16(3)29-19-12-7-6-8-13-19/h6-14,16H,4-5,15H2,1-3H3,(H,23,25)/t16-/m1/s1. The molecule has 0 aromatic heterocycles. The first-order valence-electron chi connectivity index (χ1n) is 9.52. The van der Waals surface area contributed by atoms with E-state index >= 15 is 0 Å². The van der Waals surface area contributed by atoms with Crippen LogP contribution in [0.3, 0.4) is 0 Å². The second kappa shape index (κ2) is 10.8. The van der Waals surface area contributed by atoms with Crippen LogP contribution < -0.4 is 10.1 Å². The van der Waals surface area contributed by atoms with Gasteiger partial charge in [0.2, 0.25) is 0 Å². The van der Waals surface area contributed by atoms with Gasteiger partial charge in [-0.2, -0.15) is 0 Å². The Balaban J connectivity index is 1.86. The van der Waals surface area contributed by atoms with E-state index in [1.165, 1.54) is 0 Å². The van der Waals surface area contributed by atoms with Crippen molar-refractivity contribution in [2.24, 2.45) is 0 Å². The first-order valence-corrected chi connectivity index (χ1v) is 9.52. The molecule has 0 spiro atoms. The highest BCUT2D eigenvalue weighted by Crippen LogP contribution is 2.14. The number of ether oxygens (including phenoxy) is 2. The molecule has 2 aromatic carbocycles. The number of benzene rings is 2. The zero-order valence-electron chi connectivity index (χ0n) is 16.9. The van der Waals surface area contributed by atoms with Gasteiger partial charge in [0.1, 0.15) is 5.75 Å². The van der Waals surface area contributed by atoms with Gasteiger partial charge in [-0.1, -0.05) is 24.3 Å². The fraction of sp³-hybridized carbons (Fsp3) is 0.318. The minimum atomic E-state index is -0.847. The predicted octanol–water partition coefficient (Wildman–Crippen LogP) is 3.12. The predicted molar refractivity (Wildman–Crippen MR) is 110 cm³/mol. The number of nitrogens with zero attached hydrogens (tertiary/aromatic N) is 1. The van der Waals surface area contributed by atoms with Crippen LogP contribution in [0.5, 0.6) is 5.75 Å². The lowest BCUT2D eigenvalue weighted by Gasteiger charge is -2.19. The molecule has 0 heterocycles. The topological polar surface area (TPSA) is 84.9 Å². The third-order valence-corrected chi connectivity index (χ3v) is 4.18. The first-order chi connectivity index (χ1) is 13.9. The number of para-hydroxylation sites is 1. The monoisotopic (exact) mass is 398 g/mol. The number of hydrogen-bond acceptors (Lipinski definition) is 5. The average molecular weight is 398 g/mol. The van der Waals surface area contributed by atoms with Crippen molar-refractivity contribution in [1.29, 1.82) is 0 Å². The second-order valence-corrected chi connectivity index (χ2v) is 6.29. The van der Waals surface area contributed by atoms with E-state index < -0.39 is 24.6 Å². The molecule has 0 unspecified atom stereocenters. The van der Waals surface area contributed by atoms with Crippen LogP contribution in [0.25, 0.3) is 0 Å². The van der Waals surface area contributed by atoms with Gasteiger partial charge < -0.3 is 19.7 Å². The number of carbonyl (C=O) groups is 3. The highest BCUT2D eigenvalue weighted by atomic mass is 16.6. The maximum atomic E-state index is 12.4. The minimum Gasteiger partial charge on any atom is -0.479 e. The average Bonchev–Trinajstić information content (AvgIpc) is 2.73. The number of hydrogen-bond donors (Lipinski definition) is 1. The van der Waals surface area contributed by atoms with Gasteiger partial charge in [-0.25, -0.2) is 4.79 Å². The van der Waals surface area contributed by atoms with E-state index in [0.29, 0.717) is 30.1 Å². The van der Waals surface area contributed by atoms with E-state index in [1.54, 1.807) is 60.4 Å². The SMILES string of the molecule is CCN(CC)C(=O)c1cccc(NC(=O)COC(=O)[C@@H](C)Oc2ccccc2)c1. The second-order valence-electron chi connectivity index (χ2n) is 6.29. The van der Waals surface area contributed by atoms with Crippen molar-refractivity contribution in [1.82, 2.24) is 4.90 Å². The molecule has 0 saturated heterocycles. The van der Waals surface area contributed by atoms with E-state index in [-0.39, 0.29) is 5.91 Å². The lowest BCUT2D eigenvalue weighted by atomic mass is 10.1. The van der Waals surface area contributed by atoms with Gasteiger partial charge in [0.15, 0.2) is 12.7 Å². The zero-order valence-corrected chi connectivity index (χ0v) is 16.9. The molecule has 2 amide bonds. The first kappa shape index (κ1) is 21.9. The third-order valence-electron chi connectivity index (χ3n) is 4.18. The van der Waals surface area contributed by atoms with Crippen LogP contribution in [0.4, 0.5) is 5.69 Å². The van der Waals surface area contributed by atoms with Crippen molar-refractivity contribution >= 4 is 23.5 Å². The van der Waals surface area contributed by atoms with Crippen LogP contribution in [0.1, 0.15) is 31.1 Å². The number of esters is 1. The van der Waals surface area contributed by atoms with Crippen molar-refractivity contribution in [3.8, 4) is 5.75 Å². The fourth-order valence-electron chi connectivity index (χ4n) is 2.63. The molecule has 0 radical (unpaired) electrons. The summed E-state index contributed by atoms with van der Waals surface area (Å²) in [6.07, 6.45) is -0.847. The van der Waals surface area contributed by atoms with Gasteiger partial charge in [-0.15, -0.1) is 0 Å². The molecule has 7 heteroatoms. The normalized spacial score (nSPS) is 11.3. The number of amides is 2. The Bertz CT molecular complexity index is 834. The third kappa shape index (κ3) is 6.64. The lowest BCUT2D eigenvalue weighted by Crippen LogP contribution is -2.31. The molecule has 29 heavy (non-hydrogen) atoms. The molecule has 0 aliphatic rings. The molecule has 0 aliphatic carbocycles. The molecule has 0 bridgehead atoms. The van der Waals surface area contributed by atoms with Crippen molar-refractivity contribution < 1.29 is 23.9 Å². The molecular weight excluding hydrogens is 372 g/mol. The van der Waals surface area contributed by atoms with E-state index in [9.17, 15) is 14.4 Å². The summed E-state index contributed by atoms with van der Waals surface area (Å²) < 4.78 is 10.5. The Kier molecular flexibility index (Phi) is 8.21. The molecule has 2 rings (SSSR count). The summed E-state index contributed by atoms with van der Waals surface area (Å²) in [6.45, 7) is 6.12. The minimum absolute atomic E-state index is 0.107. The smallest absolute Gasteiger partial charge is 0.347 e. The maximum absolute atomic E-state index is 12.4. The summed E-state index contributed by atoms with van der Waals surface area (Å²) in [4.78, 5) is 38.2. The van der Waals surface area contributed by atoms with Gasteiger partial charge in [-0.3, -0.25) is 9.59 Å². The van der Waals surface area contributed by atoms with E-state index in [2.05, 4.69) is 5.32 Å². The Morgan fingerprint density at radius 3 is 2.34 bits per heavy atom. The van der Waals surface area contributed by atoms with Crippen molar-refractivity contribution in [2.45, 2.75) is 26.9 Å². The Morgan fingerprint density at radius 2 is 1.69 bits per heavy atom. The highest BCUT2D eigenvalue weighted by Gasteiger charge is 2.18. The quantitative estimate of drug-likeness (QED) is 0.656. The van der Waals surface area contributed by atoms with Gasteiger partial charge in [0, 0.05) is 24.3 Å². The number of rotatable bonds is 9. The zero-order chi connectivity index (χ0) is 21.2. The van der Waals surface area contributed by atoms with Crippen LogP contribution in [0.15, 0.2) is 54.6 Å². The highest BCUT2D eigenvalue weighted by molar-refractivity contribution is 5.97. The van der Waals surface area contributed by atoms with Crippen LogP contribution in [-0.2, 0) is 14.3 Å². The Labute approximate surface area is 170 Å². The van der Waals surface area contributed by atoms with Crippen molar-refractivity contribution in [2.75, 3.05) is 25.0 Å². The van der Waals surface area contributed by atoms with E-state index in [0.717, 1.165) is 0 Å². The molecule has 1 N–H and O–H groups in total. The molecule has 0 saturated carbocycles. The summed E-state index contributed by atoms with van der Waals surface area (Å²) >= 11 is 0. The number of nitrogens with one attached hydrogen (secondary N) is 1. The summed E-state index contributed by atoms with van der Waals surface area (Å²) in [5.41, 5.74) is 0.936. The molecule has 7 nitrogen and oxygen atoms in total. The summed E-state index contributed by atoms with van der Waals surface area (Å²) in [6, 6.07) is 15.5. The molecule has 2 aromatic rings. The number of carbonyl (C=O) groups excluding carboxylic acids is 3. The molecule has 1 atom stereocenters. The van der Waals surface area contributed by atoms with Crippen LogP contribution >= 0.6 is 0 Å². The largest absolute Gasteiger partial charge is 0.479 e. The van der Waals surface area contributed by atoms with Crippen LogP contribution in [0, 0.1) is 0 Å². The van der Waals surface area contributed by atoms with Gasteiger partial charge >= 0.3 is 5.97 Å². The molecule has 0 aliphatic heterocycles. The van der Waals surface area contributed by atoms with Gasteiger partial charge in [0.25, 0.3) is 11.8 Å². The number of anilines is 1. The summed E-state index contributed by atoms with van der Waals surface area (Å²) in [7, 11) is 0. The molecule has 154 valence electrons. The fourth-order valence-corrected chi connectivity index (χ4v) is 2.63. The summed E-state index contributed by atoms with van der Waals surface area (Å²) in [5, 5.41) is 2.63. The lowest BCUT2D eigenvalue weighted by molar-refractivity contribution is -0.153. The Morgan fingerprint density at radius 1 is 1.00 bits per heavy atom. The van der Waals surface area contributed by atoms with Gasteiger partial charge in [0.05, 0.1) is 0 Å². The van der Waals surface area contributed by atoms with Crippen LogP contribution in [0.2, 0.25) is 0 Å².